The molecule has 1 atom stereocenters. The van der Waals surface area contributed by atoms with Crippen molar-refractivity contribution >= 4 is 11.8 Å². The second-order valence-electron chi connectivity index (χ2n) is 7.37. The topological polar surface area (TPSA) is 81.9 Å². The minimum absolute atomic E-state index is 0.138. The molecule has 164 valence electrons. The van der Waals surface area contributed by atoms with Crippen LogP contribution in [0.2, 0.25) is 0 Å². The van der Waals surface area contributed by atoms with E-state index in [-0.39, 0.29) is 11.9 Å². The number of alkyl halides is 3. The highest BCUT2D eigenvalue weighted by Crippen LogP contribution is 2.29. The zero-order valence-corrected chi connectivity index (χ0v) is 17.2. The molecule has 0 spiro atoms. The van der Waals surface area contributed by atoms with E-state index in [4.69, 9.17) is 0 Å². The first kappa shape index (κ1) is 22.3. The Morgan fingerprint density at radius 2 is 1.90 bits per heavy atom. The minimum Gasteiger partial charge on any atom is -0.465 e. The highest BCUT2D eigenvalue weighted by atomic mass is 19.4. The predicted octanol–water partition coefficient (Wildman–Crippen LogP) is 4.67. The Bertz CT molecular complexity index is 1010. The third-order valence-corrected chi connectivity index (χ3v) is 4.53. The largest absolute Gasteiger partial charge is 0.465 e. The molecule has 0 fully saturated rings. The fourth-order valence-electron chi connectivity index (χ4n) is 2.98. The van der Waals surface area contributed by atoms with Crippen LogP contribution in [0.5, 0.6) is 0 Å². The summed E-state index contributed by atoms with van der Waals surface area (Å²) < 4.78 is 44.1. The predicted molar refractivity (Wildman–Crippen MR) is 108 cm³/mol. The van der Waals surface area contributed by atoms with Gasteiger partial charge in [-0.1, -0.05) is 19.9 Å². The maximum Gasteiger partial charge on any atom is 0.419 e. The maximum absolute atomic E-state index is 12.8. The van der Waals surface area contributed by atoms with E-state index in [0.29, 0.717) is 17.3 Å². The number of aromatic nitrogens is 4. The summed E-state index contributed by atoms with van der Waals surface area (Å²) in [6.07, 6.45) is 1.01. The van der Waals surface area contributed by atoms with Gasteiger partial charge < -0.3 is 10.1 Å². The molecule has 0 amide bonds. The lowest BCUT2D eigenvalue weighted by Crippen LogP contribution is -2.15. The first-order valence-corrected chi connectivity index (χ1v) is 9.56. The van der Waals surface area contributed by atoms with Crippen LogP contribution in [0.4, 0.5) is 19.0 Å². The van der Waals surface area contributed by atoms with E-state index in [0.717, 1.165) is 29.1 Å². The van der Waals surface area contributed by atoms with E-state index in [2.05, 4.69) is 39.0 Å². The Morgan fingerprint density at radius 1 is 1.13 bits per heavy atom. The number of ether oxygens (including phenoxy) is 1. The van der Waals surface area contributed by atoms with E-state index in [9.17, 15) is 18.0 Å². The number of hydrogen-bond donors (Lipinski definition) is 1. The SMILES string of the molecule is COC(=O)c1ccc(NC(CC(C)C)c2ccc(-n3cc(C(F)(F)F)cn3)nc2)nc1. The van der Waals surface area contributed by atoms with Crippen molar-refractivity contribution in [3.63, 3.8) is 0 Å². The molecular formula is C21H22F3N5O2. The summed E-state index contributed by atoms with van der Waals surface area (Å²) in [4.78, 5) is 20.1. The lowest BCUT2D eigenvalue weighted by molar-refractivity contribution is -0.137. The van der Waals surface area contributed by atoms with Gasteiger partial charge >= 0.3 is 12.1 Å². The van der Waals surface area contributed by atoms with Gasteiger partial charge in [0, 0.05) is 18.6 Å². The highest BCUT2D eigenvalue weighted by Gasteiger charge is 2.32. The molecule has 1 unspecified atom stereocenters. The second-order valence-corrected chi connectivity index (χ2v) is 7.37. The van der Waals surface area contributed by atoms with E-state index < -0.39 is 17.7 Å². The molecule has 3 rings (SSSR count). The number of esters is 1. The lowest BCUT2D eigenvalue weighted by atomic mass is 9.98. The summed E-state index contributed by atoms with van der Waals surface area (Å²) in [5, 5.41) is 7.06. The van der Waals surface area contributed by atoms with Gasteiger partial charge in [-0.15, -0.1) is 0 Å². The quantitative estimate of drug-likeness (QED) is 0.546. The van der Waals surface area contributed by atoms with Gasteiger partial charge in [0.15, 0.2) is 5.82 Å². The monoisotopic (exact) mass is 433 g/mol. The Hall–Kier alpha value is -3.43. The highest BCUT2D eigenvalue weighted by molar-refractivity contribution is 5.89. The van der Waals surface area contributed by atoms with Crippen molar-refractivity contribution < 1.29 is 22.7 Å². The first-order valence-electron chi connectivity index (χ1n) is 9.56. The molecule has 0 aliphatic heterocycles. The van der Waals surface area contributed by atoms with Gasteiger partial charge in [0.1, 0.15) is 5.82 Å². The Morgan fingerprint density at radius 3 is 2.42 bits per heavy atom. The van der Waals surface area contributed by atoms with Crippen LogP contribution in [0.1, 0.15) is 47.8 Å². The number of carbonyl (C=O) groups excluding carboxylic acids is 1. The normalized spacial score (nSPS) is 12.6. The molecule has 10 heteroatoms. The van der Waals surface area contributed by atoms with E-state index in [1.54, 1.807) is 30.5 Å². The number of rotatable bonds is 7. The molecule has 0 saturated carbocycles. The van der Waals surface area contributed by atoms with E-state index >= 15 is 0 Å². The number of nitrogens with one attached hydrogen (secondary N) is 1. The number of nitrogens with zero attached hydrogens (tertiary/aromatic N) is 4. The third-order valence-electron chi connectivity index (χ3n) is 4.53. The molecule has 0 aromatic carbocycles. The molecule has 0 radical (unpaired) electrons. The van der Waals surface area contributed by atoms with Crippen LogP contribution in [-0.2, 0) is 10.9 Å². The molecule has 0 aliphatic carbocycles. The summed E-state index contributed by atoms with van der Waals surface area (Å²) in [7, 11) is 1.30. The van der Waals surface area contributed by atoms with Crippen molar-refractivity contribution in [2.24, 2.45) is 5.92 Å². The Kier molecular flexibility index (Phi) is 6.57. The number of halogens is 3. The van der Waals surface area contributed by atoms with Crippen molar-refractivity contribution in [3.05, 3.63) is 65.7 Å². The lowest BCUT2D eigenvalue weighted by Gasteiger charge is -2.21. The van der Waals surface area contributed by atoms with Gasteiger partial charge in [-0.05, 0) is 36.1 Å². The van der Waals surface area contributed by atoms with Crippen LogP contribution in [0.15, 0.2) is 49.1 Å². The van der Waals surface area contributed by atoms with Crippen LogP contribution >= 0.6 is 0 Å². The summed E-state index contributed by atoms with van der Waals surface area (Å²) in [5.41, 5.74) is 0.357. The Balaban J connectivity index is 1.79. The second kappa shape index (κ2) is 9.15. The van der Waals surface area contributed by atoms with Gasteiger partial charge in [-0.3, -0.25) is 0 Å². The average Bonchev–Trinajstić information content (AvgIpc) is 3.24. The van der Waals surface area contributed by atoms with Gasteiger partial charge in [0.25, 0.3) is 0 Å². The molecule has 31 heavy (non-hydrogen) atoms. The molecule has 0 saturated heterocycles. The number of pyridine rings is 2. The van der Waals surface area contributed by atoms with Crippen molar-refractivity contribution in [1.29, 1.82) is 0 Å². The average molecular weight is 433 g/mol. The zero-order valence-electron chi connectivity index (χ0n) is 17.2. The van der Waals surface area contributed by atoms with Crippen molar-refractivity contribution in [2.75, 3.05) is 12.4 Å². The summed E-state index contributed by atoms with van der Waals surface area (Å²) >= 11 is 0. The standard InChI is InChI=1S/C21H22F3N5O2/c1-13(2)8-17(28-18-6-4-15(10-25-18)20(30)31-3)14-5-7-19(26-9-14)29-12-16(11-27-29)21(22,23)24/h4-7,9-13,17H,8H2,1-3H3,(H,25,28). The van der Waals surface area contributed by atoms with Gasteiger partial charge in [-0.25, -0.2) is 19.4 Å². The molecule has 0 bridgehead atoms. The summed E-state index contributed by atoms with van der Waals surface area (Å²) in [5.74, 6) is 0.740. The molecular weight excluding hydrogens is 411 g/mol. The number of anilines is 1. The van der Waals surface area contributed by atoms with Gasteiger partial charge in [0.05, 0.1) is 30.5 Å². The van der Waals surface area contributed by atoms with Crippen LogP contribution in [0.3, 0.4) is 0 Å². The van der Waals surface area contributed by atoms with E-state index in [1.807, 2.05) is 0 Å². The number of carbonyl (C=O) groups is 1. The number of methoxy groups -OCH3 is 1. The third kappa shape index (κ3) is 5.59. The van der Waals surface area contributed by atoms with Gasteiger partial charge in [-0.2, -0.15) is 18.3 Å². The smallest absolute Gasteiger partial charge is 0.419 e. The van der Waals surface area contributed by atoms with Crippen molar-refractivity contribution in [3.8, 4) is 5.82 Å². The van der Waals surface area contributed by atoms with Crippen molar-refractivity contribution in [2.45, 2.75) is 32.5 Å². The fraction of sp³-hybridized carbons (Fsp3) is 0.333. The molecule has 3 aromatic heterocycles. The zero-order chi connectivity index (χ0) is 22.6. The van der Waals surface area contributed by atoms with Gasteiger partial charge in [0.2, 0.25) is 0 Å². The summed E-state index contributed by atoms with van der Waals surface area (Å²) in [6, 6.07) is 6.57. The van der Waals surface area contributed by atoms with Crippen LogP contribution in [0.25, 0.3) is 5.82 Å². The molecule has 7 nitrogen and oxygen atoms in total. The van der Waals surface area contributed by atoms with E-state index in [1.165, 1.54) is 13.3 Å². The van der Waals surface area contributed by atoms with Crippen LogP contribution < -0.4 is 5.32 Å². The van der Waals surface area contributed by atoms with Crippen molar-refractivity contribution in [1.82, 2.24) is 19.7 Å². The minimum atomic E-state index is -4.46. The Labute approximate surface area is 177 Å². The fourth-order valence-corrected chi connectivity index (χ4v) is 2.98. The first-order chi connectivity index (χ1) is 14.7. The van der Waals surface area contributed by atoms with Crippen LogP contribution in [0, 0.1) is 5.92 Å². The molecule has 3 heterocycles. The summed E-state index contributed by atoms with van der Waals surface area (Å²) in [6.45, 7) is 4.15. The molecule has 0 aliphatic rings. The van der Waals surface area contributed by atoms with Crippen LogP contribution in [-0.4, -0.2) is 32.8 Å². The maximum atomic E-state index is 12.8. The number of hydrogen-bond acceptors (Lipinski definition) is 6. The molecule has 3 aromatic rings. The molecule has 1 N–H and O–H groups in total.